The number of ether oxygens (including phenoxy) is 1. The summed E-state index contributed by atoms with van der Waals surface area (Å²) in [6.07, 6.45) is 3.15. The van der Waals surface area contributed by atoms with Crippen LogP contribution in [0.2, 0.25) is 0 Å². The molecule has 0 aliphatic carbocycles. The molecule has 8 heteroatoms. The maximum atomic E-state index is 13.1. The number of benzene rings is 2. The van der Waals surface area contributed by atoms with Gasteiger partial charge in [0.15, 0.2) is 0 Å². The molecule has 0 saturated carbocycles. The second-order valence-electron chi connectivity index (χ2n) is 7.63. The largest absolute Gasteiger partial charge is 0.507 e. The zero-order valence-electron chi connectivity index (χ0n) is 18.3. The average Bonchev–Trinajstić information content (AvgIpc) is 3.10. The first kappa shape index (κ1) is 23.4. The Morgan fingerprint density at radius 2 is 1.62 bits per heavy atom. The van der Waals surface area contributed by atoms with Crippen LogP contribution in [0.1, 0.15) is 40.0 Å². The summed E-state index contributed by atoms with van der Waals surface area (Å²) in [7, 11) is 0. The molecule has 1 fully saturated rings. The molecule has 1 aromatic heterocycles. The summed E-state index contributed by atoms with van der Waals surface area (Å²) in [5.41, 5.74) is 2.21. The van der Waals surface area contributed by atoms with Crippen LogP contribution in [0.15, 0.2) is 83.1 Å². The average molecular weight is 521 g/mol. The molecule has 1 unspecified atom stereocenters. The number of hydrogen-bond donors (Lipinski definition) is 1. The van der Waals surface area contributed by atoms with Crippen molar-refractivity contribution in [1.29, 1.82) is 0 Å². The van der Waals surface area contributed by atoms with Crippen LogP contribution in [0.5, 0.6) is 0 Å². The minimum Gasteiger partial charge on any atom is -0.507 e. The summed E-state index contributed by atoms with van der Waals surface area (Å²) in [5, 5.41) is 11.1. The van der Waals surface area contributed by atoms with Crippen LogP contribution in [0, 0.1) is 0 Å². The minimum atomic E-state index is -0.795. The third-order valence-electron chi connectivity index (χ3n) is 5.50. The highest BCUT2D eigenvalue weighted by molar-refractivity contribution is 9.10. The van der Waals surface area contributed by atoms with E-state index in [2.05, 4.69) is 20.9 Å². The zero-order valence-corrected chi connectivity index (χ0v) is 19.9. The number of carbonyl (C=O) groups excluding carboxylic acids is 3. The molecule has 2 heterocycles. The minimum absolute atomic E-state index is 0.0154. The molecule has 172 valence electrons. The van der Waals surface area contributed by atoms with Gasteiger partial charge in [-0.15, -0.1) is 0 Å². The molecule has 2 aromatic carbocycles. The fourth-order valence-corrected chi connectivity index (χ4v) is 4.12. The highest BCUT2D eigenvalue weighted by atomic mass is 79.9. The van der Waals surface area contributed by atoms with Crippen molar-refractivity contribution >= 4 is 39.3 Å². The number of Topliss-reactive ketones (excluding diaryl/α,β-unsaturated/α-hetero) is 1. The van der Waals surface area contributed by atoms with Crippen LogP contribution in [0.4, 0.5) is 0 Å². The van der Waals surface area contributed by atoms with E-state index in [0.29, 0.717) is 16.7 Å². The van der Waals surface area contributed by atoms with Crippen molar-refractivity contribution in [3.05, 3.63) is 105 Å². The van der Waals surface area contributed by atoms with Crippen molar-refractivity contribution in [2.24, 2.45) is 0 Å². The summed E-state index contributed by atoms with van der Waals surface area (Å²) in [6, 6.07) is 16.1. The summed E-state index contributed by atoms with van der Waals surface area (Å²) < 4.78 is 5.83. The number of hydrogen-bond acceptors (Lipinski definition) is 6. The van der Waals surface area contributed by atoms with Gasteiger partial charge in [0.05, 0.1) is 23.8 Å². The third-order valence-corrected chi connectivity index (χ3v) is 6.03. The summed E-state index contributed by atoms with van der Waals surface area (Å²) >= 11 is 3.35. The Morgan fingerprint density at radius 3 is 2.24 bits per heavy atom. The molecule has 1 amide bonds. The van der Waals surface area contributed by atoms with Gasteiger partial charge in [0.25, 0.3) is 11.7 Å². The van der Waals surface area contributed by atoms with Crippen molar-refractivity contribution in [2.75, 3.05) is 6.61 Å². The fraction of sp³-hybridized carbons (Fsp3) is 0.154. The van der Waals surface area contributed by atoms with E-state index in [1.807, 2.05) is 0 Å². The smallest absolute Gasteiger partial charge is 0.338 e. The van der Waals surface area contributed by atoms with E-state index >= 15 is 0 Å². The van der Waals surface area contributed by atoms with Crippen molar-refractivity contribution < 1.29 is 24.2 Å². The lowest BCUT2D eigenvalue weighted by molar-refractivity contribution is -0.140. The van der Waals surface area contributed by atoms with Gasteiger partial charge in [0, 0.05) is 29.0 Å². The van der Waals surface area contributed by atoms with Gasteiger partial charge in [-0.25, -0.2) is 4.79 Å². The number of esters is 1. The Hall–Kier alpha value is -3.78. The van der Waals surface area contributed by atoms with Gasteiger partial charge >= 0.3 is 5.97 Å². The third kappa shape index (κ3) is 4.63. The Morgan fingerprint density at radius 1 is 1.00 bits per heavy atom. The second kappa shape index (κ2) is 10.0. The molecule has 0 spiro atoms. The number of aromatic nitrogens is 1. The van der Waals surface area contributed by atoms with Gasteiger partial charge in [-0.3, -0.25) is 14.6 Å². The van der Waals surface area contributed by atoms with E-state index in [9.17, 15) is 19.5 Å². The summed E-state index contributed by atoms with van der Waals surface area (Å²) in [5.74, 6) is -2.14. The molecular weight excluding hydrogens is 500 g/mol. The highest BCUT2D eigenvalue weighted by Gasteiger charge is 2.46. The molecule has 1 atom stereocenters. The molecular formula is C26H21BrN2O5. The Balaban J connectivity index is 1.74. The predicted molar refractivity (Wildman–Crippen MR) is 129 cm³/mol. The Labute approximate surface area is 204 Å². The van der Waals surface area contributed by atoms with E-state index in [4.69, 9.17) is 4.74 Å². The number of nitrogens with zero attached hydrogens (tertiary/aromatic N) is 2. The summed E-state index contributed by atoms with van der Waals surface area (Å²) in [6.45, 7) is 2.11. The molecule has 0 bridgehead atoms. The van der Waals surface area contributed by atoms with Gasteiger partial charge in [-0.1, -0.05) is 40.2 Å². The predicted octanol–water partition coefficient (Wildman–Crippen LogP) is 4.64. The van der Waals surface area contributed by atoms with E-state index in [0.717, 1.165) is 10.0 Å². The zero-order chi connectivity index (χ0) is 24.2. The van der Waals surface area contributed by atoms with E-state index in [1.54, 1.807) is 80.0 Å². The standard InChI is InChI=1S/C26H21BrN2O5/c1-2-34-26(33)19-5-3-16(4-6-19)15-29-22(17-11-13-28-14-12-17)21(24(31)25(29)32)23(30)18-7-9-20(27)10-8-18/h3-14,22,30H,2,15H2,1H3/b23-21+. The second-order valence-corrected chi connectivity index (χ2v) is 8.55. The van der Waals surface area contributed by atoms with Gasteiger partial charge in [-0.05, 0) is 54.4 Å². The molecule has 0 radical (unpaired) electrons. The van der Waals surface area contributed by atoms with Gasteiger partial charge < -0.3 is 14.7 Å². The normalized spacial score (nSPS) is 17.1. The van der Waals surface area contributed by atoms with Crippen LogP contribution in [0.3, 0.4) is 0 Å². The fourth-order valence-electron chi connectivity index (χ4n) is 3.86. The number of aliphatic hydroxyl groups excluding tert-OH is 1. The van der Waals surface area contributed by atoms with Crippen LogP contribution in [-0.2, 0) is 20.9 Å². The van der Waals surface area contributed by atoms with Gasteiger partial charge in [0.2, 0.25) is 0 Å². The molecule has 1 aliphatic heterocycles. The number of amides is 1. The first-order chi connectivity index (χ1) is 16.4. The number of likely N-dealkylation sites (tertiary alicyclic amines) is 1. The van der Waals surface area contributed by atoms with Gasteiger partial charge in [0.1, 0.15) is 5.76 Å². The van der Waals surface area contributed by atoms with Crippen LogP contribution < -0.4 is 0 Å². The molecule has 4 rings (SSSR count). The number of halogens is 1. The monoisotopic (exact) mass is 520 g/mol. The van der Waals surface area contributed by atoms with Crippen LogP contribution in [-0.4, -0.2) is 39.3 Å². The lowest BCUT2D eigenvalue weighted by Gasteiger charge is -2.25. The maximum absolute atomic E-state index is 13.1. The lowest BCUT2D eigenvalue weighted by atomic mass is 9.96. The topological polar surface area (TPSA) is 96.8 Å². The summed E-state index contributed by atoms with van der Waals surface area (Å²) in [4.78, 5) is 43.6. The van der Waals surface area contributed by atoms with Crippen molar-refractivity contribution in [3.63, 3.8) is 0 Å². The lowest BCUT2D eigenvalue weighted by Crippen LogP contribution is -2.29. The quantitative estimate of drug-likeness (QED) is 0.220. The Kier molecular flexibility index (Phi) is 6.88. The van der Waals surface area contributed by atoms with Crippen LogP contribution >= 0.6 is 15.9 Å². The number of pyridine rings is 1. The number of rotatable bonds is 6. The number of carbonyl (C=O) groups is 3. The first-order valence-corrected chi connectivity index (χ1v) is 11.4. The Bertz CT molecular complexity index is 1250. The van der Waals surface area contributed by atoms with E-state index in [-0.39, 0.29) is 24.5 Å². The van der Waals surface area contributed by atoms with Crippen molar-refractivity contribution in [3.8, 4) is 0 Å². The molecule has 34 heavy (non-hydrogen) atoms. The SMILES string of the molecule is CCOC(=O)c1ccc(CN2C(=O)C(=O)/C(=C(/O)c3ccc(Br)cc3)C2c2ccncc2)cc1. The number of aliphatic hydroxyl groups is 1. The van der Waals surface area contributed by atoms with Crippen LogP contribution in [0.25, 0.3) is 5.76 Å². The molecule has 1 saturated heterocycles. The molecule has 3 aromatic rings. The molecule has 1 N–H and O–H groups in total. The highest BCUT2D eigenvalue weighted by Crippen LogP contribution is 2.40. The van der Waals surface area contributed by atoms with Gasteiger partial charge in [-0.2, -0.15) is 0 Å². The molecule has 1 aliphatic rings. The first-order valence-electron chi connectivity index (χ1n) is 10.6. The van der Waals surface area contributed by atoms with E-state index < -0.39 is 23.7 Å². The number of ketones is 1. The maximum Gasteiger partial charge on any atom is 0.338 e. The van der Waals surface area contributed by atoms with Crippen molar-refractivity contribution in [1.82, 2.24) is 9.88 Å². The van der Waals surface area contributed by atoms with Crippen molar-refractivity contribution in [2.45, 2.75) is 19.5 Å². The van der Waals surface area contributed by atoms with E-state index in [1.165, 1.54) is 4.90 Å². The molecule has 7 nitrogen and oxygen atoms in total.